The third-order valence-electron chi connectivity index (χ3n) is 12.2. The van der Waals surface area contributed by atoms with Gasteiger partial charge in [-0.3, -0.25) is 27.9 Å². The highest BCUT2D eigenvalue weighted by Crippen LogP contribution is 2.40. The molecule has 6 N–H and O–H groups in total. The predicted molar refractivity (Wildman–Crippen MR) is 267 cm³/mol. The van der Waals surface area contributed by atoms with Crippen molar-refractivity contribution in [2.45, 2.75) is 83.4 Å². The quantitative estimate of drug-likeness (QED) is 0.142. The Morgan fingerprint density at radius 1 is 0.694 bits per heavy atom. The van der Waals surface area contributed by atoms with Crippen LogP contribution in [0.15, 0.2) is 67.7 Å². The summed E-state index contributed by atoms with van der Waals surface area (Å²) in [5.41, 5.74) is 5.96. The number of carboxylic acid groups (broad SMARTS) is 1. The molecule has 25 heteroatoms. The van der Waals surface area contributed by atoms with Gasteiger partial charge in [-0.15, -0.1) is 0 Å². The van der Waals surface area contributed by atoms with E-state index in [1.165, 1.54) is 30.3 Å². The summed E-state index contributed by atoms with van der Waals surface area (Å²) in [5.74, 6) is -2.11. The number of nitrogens with zero attached hydrogens (tertiary/aromatic N) is 8. The van der Waals surface area contributed by atoms with Gasteiger partial charge in [0.1, 0.15) is 27.7 Å². The highest BCUT2D eigenvalue weighted by Gasteiger charge is 2.38. The highest BCUT2D eigenvalue weighted by molar-refractivity contribution is 6.31. The lowest BCUT2D eigenvalue weighted by Crippen LogP contribution is -2.49. The van der Waals surface area contributed by atoms with Gasteiger partial charge in [-0.25, -0.2) is 19.2 Å². The zero-order chi connectivity index (χ0) is 53.3. The number of carbonyl (C=O) groups is 2. The molecular formula is C47H57Cl2F3N10O10. The van der Waals surface area contributed by atoms with Gasteiger partial charge in [0.05, 0.1) is 13.1 Å². The van der Waals surface area contributed by atoms with Crippen LogP contribution in [-0.2, 0) is 50.8 Å². The number of ether oxygens (including phenoxy) is 1. The number of alkyl halides is 3. The third-order valence-corrected chi connectivity index (χ3v) is 13.0. The number of aromatic hydroxyl groups is 2. The topological polar surface area (TPSA) is 246 Å². The largest absolute Gasteiger partial charge is 0.503 e. The van der Waals surface area contributed by atoms with Crippen LogP contribution in [0.4, 0.5) is 29.6 Å². The number of carbonyl (C=O) groups excluding carboxylic acids is 1. The molecule has 1 amide bonds. The summed E-state index contributed by atoms with van der Waals surface area (Å²) in [6.07, 6.45) is -2.33. The molecular weight excluding hydrogens is 992 g/mol. The number of hydrogen-bond donors (Lipinski definition) is 5. The van der Waals surface area contributed by atoms with Gasteiger partial charge in [0.25, 0.3) is 11.1 Å². The first kappa shape index (κ1) is 54.5. The van der Waals surface area contributed by atoms with Gasteiger partial charge in [-0.2, -0.15) is 13.2 Å². The number of halogens is 5. The number of benzene rings is 2. The molecule has 2 fully saturated rings. The highest BCUT2D eigenvalue weighted by atomic mass is 35.5. The normalized spacial score (nSPS) is 16.2. The summed E-state index contributed by atoms with van der Waals surface area (Å²) in [7, 11) is 5.92. The minimum atomic E-state index is -5.08. The first-order valence-corrected chi connectivity index (χ1v) is 23.4. The average Bonchev–Trinajstić information content (AvgIpc) is 3.76. The predicted octanol–water partition coefficient (Wildman–Crippen LogP) is 4.95. The number of fused-ring (bicyclic) bond motifs is 2. The van der Waals surface area contributed by atoms with Crippen molar-refractivity contribution in [2.75, 3.05) is 36.0 Å². The second kappa shape index (κ2) is 21.5. The maximum Gasteiger partial charge on any atom is 0.490 e. The number of hydrogen-bond acceptors (Lipinski definition) is 12. The molecule has 20 nitrogen and oxygen atoms in total. The number of amides is 1. The van der Waals surface area contributed by atoms with Crippen LogP contribution in [0.2, 0.25) is 10.0 Å². The van der Waals surface area contributed by atoms with Crippen LogP contribution in [-0.4, -0.2) is 105 Å². The maximum atomic E-state index is 13.3. The summed E-state index contributed by atoms with van der Waals surface area (Å²) in [4.78, 5) is 76.7. The second-order valence-corrected chi connectivity index (χ2v) is 19.4. The van der Waals surface area contributed by atoms with E-state index in [4.69, 9.17) is 43.6 Å². The van der Waals surface area contributed by atoms with Crippen LogP contribution in [0.3, 0.4) is 0 Å². The number of anilines is 2. The summed E-state index contributed by atoms with van der Waals surface area (Å²) in [5, 5.41) is 33.7. The molecule has 390 valence electrons. The average molecular weight is 1050 g/mol. The third kappa shape index (κ3) is 11.4. The van der Waals surface area contributed by atoms with Crippen molar-refractivity contribution in [1.29, 1.82) is 0 Å². The Morgan fingerprint density at radius 3 is 1.49 bits per heavy atom. The van der Waals surface area contributed by atoms with Gasteiger partial charge in [-0.1, -0.05) is 59.6 Å². The standard InChI is InChI=1S/C25H32ClN5O5.C20H24ClN5O3.C2HF3O2/c1-25(2,3)36-23(34)27-16-10-8-12-30(14-16)21-20(32)18-19(22(33)29(5)24(35)28(18)4)31(21)13-15-9-6-7-11-17(15)26;1-23-15-16(19(28)24(2)20(23)29)26(10-12-6-3-4-8-14(12)21)18(17(15)27)25-9-5-7-13(22)11-25;3-2(4,5)1(6)7/h6-7,9,11,16,32H,8,10,12-14H2,1-5H3,(H,27,34);3-4,6,8,13,27H,5,7,9-11,22H2,1-2H3;(H,6,7)/t16-;13-;/m11./s1. The lowest BCUT2D eigenvalue weighted by atomic mass is 10.1. The van der Waals surface area contributed by atoms with Crippen molar-refractivity contribution in [1.82, 2.24) is 32.7 Å². The number of piperidine rings is 2. The Hall–Kier alpha value is -6.85. The van der Waals surface area contributed by atoms with Crippen LogP contribution in [0.5, 0.6) is 11.5 Å². The van der Waals surface area contributed by atoms with Gasteiger partial charge >= 0.3 is 29.6 Å². The smallest absolute Gasteiger partial charge is 0.490 e. The van der Waals surface area contributed by atoms with Crippen LogP contribution < -0.4 is 43.3 Å². The van der Waals surface area contributed by atoms with Crippen LogP contribution in [0.1, 0.15) is 57.6 Å². The molecule has 2 saturated heterocycles. The molecule has 0 unspecified atom stereocenters. The van der Waals surface area contributed by atoms with Crippen LogP contribution in [0, 0.1) is 0 Å². The van der Waals surface area contributed by atoms with Crippen LogP contribution in [0.25, 0.3) is 22.1 Å². The van der Waals surface area contributed by atoms with Crippen molar-refractivity contribution < 1.29 is 42.8 Å². The zero-order valence-electron chi connectivity index (χ0n) is 40.6. The lowest BCUT2D eigenvalue weighted by molar-refractivity contribution is -0.192. The van der Waals surface area contributed by atoms with Gasteiger partial charge in [0.15, 0.2) is 23.1 Å². The fourth-order valence-corrected chi connectivity index (χ4v) is 9.26. The fraction of sp³-hybridized carbons (Fsp3) is 0.447. The molecule has 0 spiro atoms. The van der Waals surface area contributed by atoms with E-state index < -0.39 is 46.3 Å². The first-order chi connectivity index (χ1) is 33.6. The Kier molecular flexibility index (Phi) is 16.2. The monoisotopic (exact) mass is 1050 g/mol. The number of rotatable bonds is 7. The van der Waals surface area contributed by atoms with Crippen molar-refractivity contribution in [2.24, 2.45) is 33.9 Å². The minimum absolute atomic E-state index is 0.0263. The molecule has 0 saturated carbocycles. The van der Waals surface area contributed by atoms with E-state index in [-0.39, 0.29) is 58.7 Å². The summed E-state index contributed by atoms with van der Waals surface area (Å²) in [6, 6.07) is 14.4. The molecule has 2 aliphatic heterocycles. The number of nitrogens with two attached hydrogens (primary N) is 1. The molecule has 2 aromatic carbocycles. The van der Waals surface area contributed by atoms with E-state index in [1.807, 2.05) is 46.2 Å². The maximum absolute atomic E-state index is 13.3. The lowest BCUT2D eigenvalue weighted by Gasteiger charge is -2.35. The summed E-state index contributed by atoms with van der Waals surface area (Å²) < 4.78 is 45.3. The Bertz CT molecular complexity index is 3280. The molecule has 2 aliphatic rings. The SMILES string of the molecule is Cn1c(=O)c2c(c(O)c(N3CCC[C@@H](N)C3)n2Cc2ccccc2Cl)n(C)c1=O.Cn1c(=O)c2c(c(O)c(N3CCC[C@@H](NC(=O)OC(C)(C)C)C3)n2Cc2ccccc2Cl)n(C)c1=O.O=C(O)C(F)(F)F. The Labute approximate surface area is 419 Å². The Morgan fingerprint density at radius 2 is 1.10 bits per heavy atom. The van der Waals surface area contributed by atoms with E-state index in [9.17, 15) is 47.4 Å². The van der Waals surface area contributed by atoms with Gasteiger partial charge in [0.2, 0.25) is 0 Å². The van der Waals surface area contributed by atoms with E-state index in [0.29, 0.717) is 47.9 Å². The van der Waals surface area contributed by atoms with Gasteiger partial charge in [-0.05, 0) is 69.7 Å². The van der Waals surface area contributed by atoms with E-state index >= 15 is 0 Å². The molecule has 6 aromatic rings. The number of aryl methyl sites for hydroxylation is 2. The fourth-order valence-electron chi connectivity index (χ4n) is 8.87. The Balaban J connectivity index is 0.000000211. The second-order valence-electron chi connectivity index (χ2n) is 18.6. The molecule has 72 heavy (non-hydrogen) atoms. The van der Waals surface area contributed by atoms with E-state index in [2.05, 4.69) is 5.32 Å². The molecule has 0 bridgehead atoms. The van der Waals surface area contributed by atoms with Crippen molar-refractivity contribution in [3.05, 3.63) is 111 Å². The number of alkyl carbamates (subject to hydrolysis) is 1. The molecule has 6 heterocycles. The van der Waals surface area contributed by atoms with Crippen molar-refractivity contribution in [3.63, 3.8) is 0 Å². The van der Waals surface area contributed by atoms with Crippen LogP contribution >= 0.6 is 23.2 Å². The first-order valence-electron chi connectivity index (χ1n) is 22.7. The minimum Gasteiger partial charge on any atom is -0.503 e. The van der Waals surface area contributed by atoms with E-state index in [1.54, 1.807) is 49.1 Å². The summed E-state index contributed by atoms with van der Waals surface area (Å²) >= 11 is 12.8. The molecule has 0 aliphatic carbocycles. The number of aliphatic carboxylic acids is 1. The van der Waals surface area contributed by atoms with Gasteiger partial charge < -0.3 is 50.0 Å². The zero-order valence-corrected chi connectivity index (χ0v) is 42.1. The molecule has 2 atom stereocenters. The van der Waals surface area contributed by atoms with Crippen molar-refractivity contribution >= 4 is 69.0 Å². The number of aromatic nitrogens is 6. The van der Waals surface area contributed by atoms with E-state index in [0.717, 1.165) is 45.9 Å². The van der Waals surface area contributed by atoms with Crippen molar-refractivity contribution in [3.8, 4) is 11.5 Å². The molecule has 4 aromatic heterocycles. The summed E-state index contributed by atoms with van der Waals surface area (Å²) in [6.45, 7) is 8.13. The van der Waals surface area contributed by atoms with Gasteiger partial charge in [0, 0.05) is 76.5 Å². The molecule has 8 rings (SSSR count). The number of nitrogens with one attached hydrogen (secondary N) is 1. The molecule has 0 radical (unpaired) electrons. The number of carboxylic acids is 1.